The Morgan fingerprint density at radius 1 is 1.58 bits per heavy atom. The molecule has 1 aliphatic rings. The van der Waals surface area contributed by atoms with Crippen molar-refractivity contribution in [2.45, 2.75) is 39.2 Å². The van der Waals surface area contributed by atoms with E-state index in [1.807, 2.05) is 23.3 Å². The lowest BCUT2D eigenvalue weighted by Gasteiger charge is -2.43. The first-order chi connectivity index (χ1) is 8.42. The van der Waals surface area contributed by atoms with Crippen LogP contribution in [0, 0.1) is 5.41 Å². The number of carbonyl (C=O) groups is 1. The molecule has 2 heterocycles. The predicted molar refractivity (Wildman–Crippen MR) is 82.9 cm³/mol. The number of piperidine rings is 1. The van der Waals surface area contributed by atoms with Gasteiger partial charge in [-0.2, -0.15) is 11.3 Å². The van der Waals surface area contributed by atoms with E-state index in [1.165, 1.54) is 0 Å². The van der Waals surface area contributed by atoms with Gasteiger partial charge in [-0.25, -0.2) is 0 Å². The Hall–Kier alpha value is -0.580. The summed E-state index contributed by atoms with van der Waals surface area (Å²) in [5.41, 5.74) is 7.25. The van der Waals surface area contributed by atoms with Crippen molar-refractivity contribution in [3.8, 4) is 0 Å². The molecule has 2 unspecified atom stereocenters. The zero-order valence-corrected chi connectivity index (χ0v) is 13.4. The molecule has 1 saturated heterocycles. The molecule has 1 aliphatic heterocycles. The summed E-state index contributed by atoms with van der Waals surface area (Å²) in [6, 6.07) is 2.23. The Labute approximate surface area is 125 Å². The van der Waals surface area contributed by atoms with Gasteiger partial charge in [0, 0.05) is 19.1 Å². The Bertz CT molecular complexity index is 419. The molecule has 2 atom stereocenters. The largest absolute Gasteiger partial charge is 0.342 e. The zero-order valence-electron chi connectivity index (χ0n) is 11.8. The Kier molecular flexibility index (Phi) is 5.42. The van der Waals surface area contributed by atoms with Crippen LogP contribution in [0.3, 0.4) is 0 Å². The predicted octanol–water partition coefficient (Wildman–Crippen LogP) is 2.86. The van der Waals surface area contributed by atoms with E-state index in [9.17, 15) is 4.79 Å². The van der Waals surface area contributed by atoms with E-state index in [2.05, 4.69) is 19.2 Å². The lowest BCUT2D eigenvalue weighted by atomic mass is 9.79. The van der Waals surface area contributed by atoms with E-state index in [1.54, 1.807) is 11.3 Å². The quantitative estimate of drug-likeness (QED) is 0.913. The topological polar surface area (TPSA) is 46.3 Å². The highest BCUT2D eigenvalue weighted by Gasteiger charge is 2.36. The third kappa shape index (κ3) is 3.50. The Morgan fingerprint density at radius 2 is 2.26 bits per heavy atom. The highest BCUT2D eigenvalue weighted by atomic mass is 35.5. The van der Waals surface area contributed by atoms with Gasteiger partial charge >= 0.3 is 0 Å². The SMILES string of the molecule is CC(C(=O)N1CCC(N)C(C)(C)C1)c1ccsc1.Cl. The van der Waals surface area contributed by atoms with Crippen molar-refractivity contribution in [2.24, 2.45) is 11.1 Å². The monoisotopic (exact) mass is 302 g/mol. The van der Waals surface area contributed by atoms with Crippen molar-refractivity contribution in [1.29, 1.82) is 0 Å². The maximum Gasteiger partial charge on any atom is 0.229 e. The van der Waals surface area contributed by atoms with Crippen LogP contribution in [0.25, 0.3) is 0 Å². The molecule has 1 amide bonds. The summed E-state index contributed by atoms with van der Waals surface area (Å²) in [6.07, 6.45) is 0.898. The molecule has 0 radical (unpaired) electrons. The average molecular weight is 303 g/mol. The fourth-order valence-corrected chi connectivity index (χ4v) is 3.25. The van der Waals surface area contributed by atoms with Crippen molar-refractivity contribution in [3.63, 3.8) is 0 Å². The number of halogens is 1. The molecule has 0 spiro atoms. The standard InChI is InChI=1S/C14H22N2OS.ClH/c1-10(11-5-7-18-8-11)13(17)16-6-4-12(15)14(2,3)9-16;/h5,7-8,10,12H,4,6,9,15H2,1-3H3;1H. The number of nitrogens with zero attached hydrogens (tertiary/aromatic N) is 1. The molecule has 1 aromatic rings. The molecule has 0 aliphatic carbocycles. The van der Waals surface area contributed by atoms with Crippen molar-refractivity contribution >= 4 is 29.7 Å². The smallest absolute Gasteiger partial charge is 0.229 e. The second-order valence-electron chi connectivity index (χ2n) is 5.92. The summed E-state index contributed by atoms with van der Waals surface area (Å²) in [5.74, 6) is 0.190. The summed E-state index contributed by atoms with van der Waals surface area (Å²) >= 11 is 1.64. The van der Waals surface area contributed by atoms with E-state index >= 15 is 0 Å². The van der Waals surface area contributed by atoms with Crippen LogP contribution in [0.4, 0.5) is 0 Å². The fraction of sp³-hybridized carbons (Fsp3) is 0.643. The number of rotatable bonds is 2. The minimum absolute atomic E-state index is 0. The van der Waals surface area contributed by atoms with Gasteiger partial charge in [-0.3, -0.25) is 4.79 Å². The van der Waals surface area contributed by atoms with E-state index in [-0.39, 0.29) is 35.7 Å². The molecule has 1 aromatic heterocycles. The molecule has 3 nitrogen and oxygen atoms in total. The van der Waals surface area contributed by atoms with Crippen LogP contribution in [-0.4, -0.2) is 29.9 Å². The summed E-state index contributed by atoms with van der Waals surface area (Å²) in [6.45, 7) is 7.84. The number of amides is 1. The molecular weight excluding hydrogens is 280 g/mol. The molecule has 108 valence electrons. The molecular formula is C14H23ClN2OS. The molecule has 0 bridgehead atoms. The summed E-state index contributed by atoms with van der Waals surface area (Å²) in [7, 11) is 0. The van der Waals surface area contributed by atoms with Gasteiger partial charge in [-0.05, 0) is 41.1 Å². The third-order valence-electron chi connectivity index (χ3n) is 4.04. The lowest BCUT2D eigenvalue weighted by molar-refractivity contribution is -0.135. The van der Waals surface area contributed by atoms with Gasteiger partial charge in [0.1, 0.15) is 0 Å². The summed E-state index contributed by atoms with van der Waals surface area (Å²) < 4.78 is 0. The first-order valence-corrected chi connectivity index (χ1v) is 7.42. The molecule has 19 heavy (non-hydrogen) atoms. The van der Waals surface area contributed by atoms with Crippen molar-refractivity contribution in [1.82, 2.24) is 4.90 Å². The van der Waals surface area contributed by atoms with E-state index < -0.39 is 0 Å². The van der Waals surface area contributed by atoms with Crippen LogP contribution in [0.1, 0.15) is 38.7 Å². The Morgan fingerprint density at radius 3 is 2.79 bits per heavy atom. The maximum absolute atomic E-state index is 12.5. The van der Waals surface area contributed by atoms with Crippen LogP contribution in [0.5, 0.6) is 0 Å². The van der Waals surface area contributed by atoms with Gasteiger partial charge < -0.3 is 10.6 Å². The van der Waals surface area contributed by atoms with Crippen LogP contribution in [-0.2, 0) is 4.79 Å². The van der Waals surface area contributed by atoms with E-state index in [4.69, 9.17) is 5.73 Å². The highest BCUT2D eigenvalue weighted by molar-refractivity contribution is 7.08. The van der Waals surface area contributed by atoms with Gasteiger partial charge in [-0.15, -0.1) is 12.4 Å². The minimum atomic E-state index is -0.0404. The van der Waals surface area contributed by atoms with Crippen molar-refractivity contribution in [3.05, 3.63) is 22.4 Å². The second-order valence-corrected chi connectivity index (χ2v) is 6.70. The van der Waals surface area contributed by atoms with Gasteiger partial charge in [0.05, 0.1) is 5.92 Å². The lowest BCUT2D eigenvalue weighted by Crippen LogP contribution is -2.54. The van der Waals surface area contributed by atoms with Crippen LogP contribution >= 0.6 is 23.7 Å². The first kappa shape index (κ1) is 16.5. The fourth-order valence-electron chi connectivity index (χ4n) is 2.50. The van der Waals surface area contributed by atoms with Crippen LogP contribution in [0.2, 0.25) is 0 Å². The van der Waals surface area contributed by atoms with Gasteiger partial charge in [0.15, 0.2) is 0 Å². The summed E-state index contributed by atoms with van der Waals surface area (Å²) in [5, 5.41) is 4.08. The molecule has 0 aromatic carbocycles. The highest BCUT2D eigenvalue weighted by Crippen LogP contribution is 2.30. The zero-order chi connectivity index (χ0) is 13.3. The number of hydrogen-bond acceptors (Lipinski definition) is 3. The van der Waals surface area contributed by atoms with Crippen LogP contribution in [0.15, 0.2) is 16.8 Å². The number of thiophene rings is 1. The summed E-state index contributed by atoms with van der Waals surface area (Å²) in [4.78, 5) is 14.5. The molecule has 1 fully saturated rings. The second kappa shape index (κ2) is 6.25. The number of carbonyl (C=O) groups excluding carboxylic acids is 1. The molecule has 2 N–H and O–H groups in total. The average Bonchev–Trinajstić information content (AvgIpc) is 2.84. The van der Waals surface area contributed by atoms with E-state index in [0.29, 0.717) is 0 Å². The van der Waals surface area contributed by atoms with E-state index in [0.717, 1.165) is 25.1 Å². The third-order valence-corrected chi connectivity index (χ3v) is 4.74. The normalized spacial score (nSPS) is 23.6. The Balaban J connectivity index is 0.00000180. The van der Waals surface area contributed by atoms with Gasteiger partial charge in [0.2, 0.25) is 5.91 Å². The van der Waals surface area contributed by atoms with Crippen molar-refractivity contribution in [2.75, 3.05) is 13.1 Å². The molecule has 0 saturated carbocycles. The molecule has 5 heteroatoms. The van der Waals surface area contributed by atoms with Crippen LogP contribution < -0.4 is 5.73 Å². The minimum Gasteiger partial charge on any atom is -0.342 e. The number of likely N-dealkylation sites (tertiary alicyclic amines) is 1. The number of nitrogens with two attached hydrogens (primary N) is 1. The van der Waals surface area contributed by atoms with Gasteiger partial charge in [0.25, 0.3) is 0 Å². The van der Waals surface area contributed by atoms with Crippen molar-refractivity contribution < 1.29 is 4.79 Å². The first-order valence-electron chi connectivity index (χ1n) is 6.48. The van der Waals surface area contributed by atoms with Gasteiger partial charge in [-0.1, -0.05) is 13.8 Å². The number of hydrogen-bond donors (Lipinski definition) is 1. The maximum atomic E-state index is 12.5. The molecule has 2 rings (SSSR count).